The Hall–Kier alpha value is -1.88. The molecule has 5 heteroatoms. The summed E-state index contributed by atoms with van der Waals surface area (Å²) in [4.78, 5) is 17.6. The van der Waals surface area contributed by atoms with Crippen molar-refractivity contribution in [3.05, 3.63) is 45.3 Å². The smallest absolute Gasteiger partial charge is 0.251 e. The molecule has 2 heterocycles. The number of carbonyl (C=O) groups is 1. The highest BCUT2D eigenvalue weighted by Gasteiger charge is 2.09. The van der Waals surface area contributed by atoms with E-state index in [4.69, 9.17) is 0 Å². The third-order valence-corrected chi connectivity index (χ3v) is 3.87. The second-order valence-electron chi connectivity index (χ2n) is 4.34. The SMILES string of the molecule is CNc1cc(C(=O)NCc2sccc2C)cc(C)n1. The van der Waals surface area contributed by atoms with Gasteiger partial charge in [0.25, 0.3) is 5.91 Å². The Morgan fingerprint density at radius 2 is 2.16 bits per heavy atom. The monoisotopic (exact) mass is 275 g/mol. The van der Waals surface area contributed by atoms with Crippen LogP contribution in [0.4, 0.5) is 5.82 Å². The van der Waals surface area contributed by atoms with Gasteiger partial charge in [0, 0.05) is 23.2 Å². The maximum absolute atomic E-state index is 12.1. The van der Waals surface area contributed by atoms with Gasteiger partial charge in [-0.2, -0.15) is 0 Å². The molecule has 0 aliphatic heterocycles. The summed E-state index contributed by atoms with van der Waals surface area (Å²) >= 11 is 1.66. The number of pyridine rings is 1. The first-order valence-corrected chi connectivity index (χ1v) is 6.95. The number of aromatic nitrogens is 1. The summed E-state index contributed by atoms with van der Waals surface area (Å²) in [6, 6.07) is 5.60. The molecular weight excluding hydrogens is 258 g/mol. The number of carbonyl (C=O) groups excluding carboxylic acids is 1. The molecule has 0 saturated carbocycles. The molecule has 2 aromatic rings. The number of nitrogens with one attached hydrogen (secondary N) is 2. The first-order chi connectivity index (χ1) is 9.10. The number of thiophene rings is 1. The van der Waals surface area contributed by atoms with Crippen molar-refractivity contribution in [1.82, 2.24) is 10.3 Å². The fourth-order valence-corrected chi connectivity index (χ4v) is 2.62. The minimum atomic E-state index is -0.0743. The van der Waals surface area contributed by atoms with Crippen molar-refractivity contribution in [3.63, 3.8) is 0 Å². The zero-order valence-electron chi connectivity index (χ0n) is 11.3. The number of anilines is 1. The van der Waals surface area contributed by atoms with Crippen LogP contribution in [0.1, 0.15) is 26.5 Å². The second kappa shape index (κ2) is 5.84. The Labute approximate surface area is 116 Å². The average molecular weight is 275 g/mol. The number of amides is 1. The zero-order chi connectivity index (χ0) is 13.8. The topological polar surface area (TPSA) is 54.0 Å². The van der Waals surface area contributed by atoms with Crippen LogP contribution in [0.25, 0.3) is 0 Å². The summed E-state index contributed by atoms with van der Waals surface area (Å²) in [5.41, 5.74) is 2.67. The van der Waals surface area contributed by atoms with E-state index in [2.05, 4.69) is 21.7 Å². The highest BCUT2D eigenvalue weighted by atomic mass is 32.1. The number of nitrogens with zero attached hydrogens (tertiary/aromatic N) is 1. The van der Waals surface area contributed by atoms with Crippen LogP contribution in [0.15, 0.2) is 23.6 Å². The average Bonchev–Trinajstić information content (AvgIpc) is 2.80. The number of aryl methyl sites for hydroxylation is 2. The Kier molecular flexibility index (Phi) is 4.16. The van der Waals surface area contributed by atoms with Crippen molar-refractivity contribution >= 4 is 23.1 Å². The van der Waals surface area contributed by atoms with E-state index >= 15 is 0 Å². The van der Waals surface area contributed by atoms with Gasteiger partial charge in [0.1, 0.15) is 5.82 Å². The molecule has 0 spiro atoms. The molecule has 0 fully saturated rings. The number of hydrogen-bond acceptors (Lipinski definition) is 4. The third kappa shape index (κ3) is 3.32. The Bertz CT molecular complexity index is 592. The van der Waals surface area contributed by atoms with Gasteiger partial charge in [-0.3, -0.25) is 4.79 Å². The summed E-state index contributed by atoms with van der Waals surface area (Å²) in [5.74, 6) is 0.632. The third-order valence-electron chi connectivity index (χ3n) is 2.85. The van der Waals surface area contributed by atoms with Gasteiger partial charge in [-0.25, -0.2) is 4.98 Å². The van der Waals surface area contributed by atoms with Crippen LogP contribution in [0.3, 0.4) is 0 Å². The lowest BCUT2D eigenvalue weighted by Gasteiger charge is -2.07. The lowest BCUT2D eigenvalue weighted by molar-refractivity contribution is 0.0951. The first kappa shape index (κ1) is 13.5. The van der Waals surface area contributed by atoms with Crippen molar-refractivity contribution < 1.29 is 4.79 Å². The van der Waals surface area contributed by atoms with Crippen LogP contribution < -0.4 is 10.6 Å². The van der Waals surface area contributed by atoms with Crippen molar-refractivity contribution in [1.29, 1.82) is 0 Å². The van der Waals surface area contributed by atoms with E-state index in [1.807, 2.05) is 19.2 Å². The zero-order valence-corrected chi connectivity index (χ0v) is 12.1. The molecule has 100 valence electrons. The Morgan fingerprint density at radius 1 is 1.37 bits per heavy atom. The predicted octanol–water partition coefficient (Wildman–Crippen LogP) is 2.73. The number of hydrogen-bond donors (Lipinski definition) is 2. The quantitative estimate of drug-likeness (QED) is 0.902. The number of rotatable bonds is 4. The van der Waals surface area contributed by atoms with Crippen LogP contribution in [0.5, 0.6) is 0 Å². The molecule has 0 unspecified atom stereocenters. The van der Waals surface area contributed by atoms with E-state index in [0.29, 0.717) is 17.9 Å². The molecule has 0 bridgehead atoms. The fraction of sp³-hybridized carbons (Fsp3) is 0.286. The molecule has 0 aromatic carbocycles. The van der Waals surface area contributed by atoms with Crippen LogP contribution in [0, 0.1) is 13.8 Å². The molecule has 0 saturated heterocycles. The lowest BCUT2D eigenvalue weighted by Crippen LogP contribution is -2.23. The highest BCUT2D eigenvalue weighted by Crippen LogP contribution is 2.15. The van der Waals surface area contributed by atoms with E-state index in [9.17, 15) is 4.79 Å². The standard InChI is InChI=1S/C14H17N3OS/c1-9-4-5-19-12(9)8-16-14(18)11-6-10(2)17-13(7-11)15-3/h4-7H,8H2,1-3H3,(H,15,17)(H,16,18). The molecule has 4 nitrogen and oxygen atoms in total. The molecule has 0 aliphatic rings. The van der Waals surface area contributed by atoms with Crippen molar-refractivity contribution in [2.45, 2.75) is 20.4 Å². The maximum Gasteiger partial charge on any atom is 0.251 e. The van der Waals surface area contributed by atoms with Gasteiger partial charge < -0.3 is 10.6 Å². The van der Waals surface area contributed by atoms with Crippen molar-refractivity contribution in [2.24, 2.45) is 0 Å². The van der Waals surface area contributed by atoms with Crippen LogP contribution in [-0.4, -0.2) is 17.9 Å². The molecule has 0 radical (unpaired) electrons. The van der Waals surface area contributed by atoms with Crippen LogP contribution in [0.2, 0.25) is 0 Å². The van der Waals surface area contributed by atoms with Crippen LogP contribution >= 0.6 is 11.3 Å². The van der Waals surface area contributed by atoms with Crippen LogP contribution in [-0.2, 0) is 6.54 Å². The van der Waals surface area contributed by atoms with Gasteiger partial charge in [-0.1, -0.05) is 0 Å². The second-order valence-corrected chi connectivity index (χ2v) is 5.34. The Morgan fingerprint density at radius 3 is 2.79 bits per heavy atom. The molecule has 2 N–H and O–H groups in total. The maximum atomic E-state index is 12.1. The van der Waals surface area contributed by atoms with Gasteiger partial charge in [0.15, 0.2) is 0 Å². The summed E-state index contributed by atoms with van der Waals surface area (Å²) in [7, 11) is 1.79. The molecular formula is C14H17N3OS. The van der Waals surface area contributed by atoms with Gasteiger partial charge in [0.05, 0.1) is 6.54 Å². The molecule has 0 atom stereocenters. The molecule has 19 heavy (non-hydrogen) atoms. The first-order valence-electron chi connectivity index (χ1n) is 6.07. The van der Waals surface area contributed by atoms with E-state index in [-0.39, 0.29) is 5.91 Å². The fourth-order valence-electron chi connectivity index (χ4n) is 1.78. The molecule has 1 amide bonds. The lowest BCUT2D eigenvalue weighted by atomic mass is 10.2. The Balaban J connectivity index is 2.08. The van der Waals surface area contributed by atoms with Gasteiger partial charge >= 0.3 is 0 Å². The molecule has 0 aliphatic carbocycles. The highest BCUT2D eigenvalue weighted by molar-refractivity contribution is 7.10. The van der Waals surface area contributed by atoms with Gasteiger partial charge in [0.2, 0.25) is 0 Å². The van der Waals surface area contributed by atoms with Gasteiger partial charge in [-0.05, 0) is 43.0 Å². The van der Waals surface area contributed by atoms with E-state index in [0.717, 1.165) is 5.69 Å². The summed E-state index contributed by atoms with van der Waals surface area (Å²) < 4.78 is 0. The van der Waals surface area contributed by atoms with Crippen molar-refractivity contribution in [2.75, 3.05) is 12.4 Å². The van der Waals surface area contributed by atoms with Gasteiger partial charge in [-0.15, -0.1) is 11.3 Å². The minimum Gasteiger partial charge on any atom is -0.373 e. The minimum absolute atomic E-state index is 0.0743. The molecule has 2 rings (SSSR count). The van der Waals surface area contributed by atoms with Crippen molar-refractivity contribution in [3.8, 4) is 0 Å². The predicted molar refractivity (Wildman–Crippen MR) is 78.7 cm³/mol. The normalized spacial score (nSPS) is 10.3. The van der Waals surface area contributed by atoms with E-state index in [1.54, 1.807) is 30.5 Å². The summed E-state index contributed by atoms with van der Waals surface area (Å²) in [5, 5.41) is 7.92. The summed E-state index contributed by atoms with van der Waals surface area (Å²) in [6.07, 6.45) is 0. The molecule has 2 aromatic heterocycles. The largest absolute Gasteiger partial charge is 0.373 e. The van der Waals surface area contributed by atoms with E-state index in [1.165, 1.54) is 10.4 Å². The van der Waals surface area contributed by atoms with E-state index < -0.39 is 0 Å². The summed E-state index contributed by atoms with van der Waals surface area (Å²) in [6.45, 7) is 4.49.